The number of aliphatic imine (C=N–C) groups is 1. The quantitative estimate of drug-likeness (QED) is 0.770. The van der Waals surface area contributed by atoms with Gasteiger partial charge in [0.2, 0.25) is 0 Å². The third kappa shape index (κ3) is 3.40. The number of aliphatic hydroxyl groups is 1. The van der Waals surface area contributed by atoms with Crippen LogP contribution >= 0.6 is 11.8 Å². The summed E-state index contributed by atoms with van der Waals surface area (Å²) in [6.07, 6.45) is 5.99. The number of aliphatic hydroxyl groups excluding tert-OH is 1. The molecule has 3 atom stereocenters. The van der Waals surface area contributed by atoms with E-state index in [-0.39, 0.29) is 18.1 Å². The summed E-state index contributed by atoms with van der Waals surface area (Å²) in [7, 11) is 1.66. The van der Waals surface area contributed by atoms with Gasteiger partial charge in [-0.3, -0.25) is 4.99 Å². The molecule has 5 nitrogen and oxygen atoms in total. The molecule has 1 aromatic heterocycles. The van der Waals surface area contributed by atoms with Gasteiger partial charge < -0.3 is 14.6 Å². The van der Waals surface area contributed by atoms with Crippen molar-refractivity contribution in [3.05, 3.63) is 47.2 Å². The molecule has 1 aromatic carbocycles. The Morgan fingerprint density at radius 3 is 2.82 bits per heavy atom. The van der Waals surface area contributed by atoms with E-state index in [9.17, 15) is 5.11 Å². The molecule has 148 valence electrons. The number of hydrogen-bond acceptors (Lipinski definition) is 6. The van der Waals surface area contributed by atoms with E-state index in [1.165, 1.54) is 5.56 Å². The van der Waals surface area contributed by atoms with E-state index < -0.39 is 0 Å². The highest BCUT2D eigenvalue weighted by Crippen LogP contribution is 2.45. The molecule has 0 saturated heterocycles. The van der Waals surface area contributed by atoms with E-state index in [1.807, 2.05) is 31.5 Å². The fourth-order valence-corrected chi connectivity index (χ4v) is 4.87. The molecule has 0 spiro atoms. The molecule has 1 saturated carbocycles. The van der Waals surface area contributed by atoms with Crippen LogP contribution in [0, 0.1) is 0 Å². The Morgan fingerprint density at radius 2 is 2.07 bits per heavy atom. The van der Waals surface area contributed by atoms with Gasteiger partial charge in [0.15, 0.2) is 11.5 Å². The standard InChI is InChI=1S/C22H26N2O3S/c1-4-27-20-11-15-16-10-13(25)7-8-18(16)24-21(17(15)12-19(20)26-2)14-6-5-9-23-22(14)28-3/h5-6,9,11-13,16,18,25H,4,7-8,10H2,1-3H3/t13-,16-,18-/m1/s1. The molecular weight excluding hydrogens is 372 g/mol. The summed E-state index contributed by atoms with van der Waals surface area (Å²) in [5.41, 5.74) is 4.26. The number of fused-ring (bicyclic) bond motifs is 3. The molecule has 28 heavy (non-hydrogen) atoms. The van der Waals surface area contributed by atoms with Crippen molar-refractivity contribution in [1.82, 2.24) is 4.98 Å². The normalized spacial score (nSPS) is 23.4. The van der Waals surface area contributed by atoms with E-state index in [4.69, 9.17) is 14.5 Å². The Balaban J connectivity index is 1.91. The predicted octanol–water partition coefficient (Wildman–Crippen LogP) is 4.06. The average molecular weight is 399 g/mol. The fraction of sp³-hybridized carbons (Fsp3) is 0.455. The van der Waals surface area contributed by atoms with Gasteiger partial charge in [-0.15, -0.1) is 11.8 Å². The smallest absolute Gasteiger partial charge is 0.161 e. The van der Waals surface area contributed by atoms with E-state index >= 15 is 0 Å². The SMILES string of the molecule is CCOc1cc2c(cc1OC)C(c1cccnc1SC)=N[C@@H]1CC[C@@H](O)C[C@H]21. The van der Waals surface area contributed by atoms with Crippen molar-refractivity contribution >= 4 is 17.5 Å². The van der Waals surface area contributed by atoms with Crippen LogP contribution in [0.1, 0.15) is 48.8 Å². The summed E-state index contributed by atoms with van der Waals surface area (Å²) in [4.78, 5) is 9.70. The van der Waals surface area contributed by atoms with Crippen molar-refractivity contribution in [1.29, 1.82) is 0 Å². The summed E-state index contributed by atoms with van der Waals surface area (Å²) in [5.74, 6) is 1.65. The Bertz CT molecular complexity index is 899. The summed E-state index contributed by atoms with van der Waals surface area (Å²) >= 11 is 1.63. The highest BCUT2D eigenvalue weighted by atomic mass is 32.2. The van der Waals surface area contributed by atoms with E-state index in [2.05, 4.69) is 17.1 Å². The van der Waals surface area contributed by atoms with Gasteiger partial charge >= 0.3 is 0 Å². The van der Waals surface area contributed by atoms with Crippen LogP contribution < -0.4 is 9.47 Å². The van der Waals surface area contributed by atoms with Crippen LogP contribution in [0.3, 0.4) is 0 Å². The zero-order chi connectivity index (χ0) is 19.7. The highest BCUT2D eigenvalue weighted by Gasteiger charge is 2.37. The minimum atomic E-state index is -0.274. The molecular formula is C22H26N2O3S. The van der Waals surface area contributed by atoms with Crippen LogP contribution in [0.5, 0.6) is 11.5 Å². The minimum Gasteiger partial charge on any atom is -0.493 e. The van der Waals surface area contributed by atoms with Gasteiger partial charge in [-0.25, -0.2) is 4.98 Å². The average Bonchev–Trinajstić information content (AvgIpc) is 2.73. The zero-order valence-electron chi connectivity index (χ0n) is 16.5. The van der Waals surface area contributed by atoms with E-state index in [1.54, 1.807) is 18.9 Å². The number of ether oxygens (including phenoxy) is 2. The van der Waals surface area contributed by atoms with Gasteiger partial charge in [0.05, 0.1) is 31.6 Å². The molecule has 1 fully saturated rings. The Morgan fingerprint density at radius 1 is 1.21 bits per heavy atom. The van der Waals surface area contributed by atoms with Crippen LogP contribution in [0.2, 0.25) is 0 Å². The van der Waals surface area contributed by atoms with Gasteiger partial charge in [0.25, 0.3) is 0 Å². The number of methoxy groups -OCH3 is 1. The van der Waals surface area contributed by atoms with Crippen molar-refractivity contribution in [2.45, 2.75) is 49.3 Å². The third-order valence-electron chi connectivity index (χ3n) is 5.59. The Labute approximate surface area is 170 Å². The second-order valence-electron chi connectivity index (χ2n) is 7.20. The molecule has 0 unspecified atom stereocenters. The summed E-state index contributed by atoms with van der Waals surface area (Å²) in [6, 6.07) is 8.34. The molecule has 4 rings (SSSR count). The second-order valence-corrected chi connectivity index (χ2v) is 8.00. The van der Waals surface area contributed by atoms with E-state index in [0.29, 0.717) is 12.4 Å². The summed E-state index contributed by atoms with van der Waals surface area (Å²) in [5, 5.41) is 11.3. The molecule has 0 amide bonds. The molecule has 0 radical (unpaired) electrons. The number of pyridine rings is 1. The van der Waals surface area contributed by atoms with Crippen LogP contribution in [0.25, 0.3) is 0 Å². The first-order chi connectivity index (χ1) is 13.7. The monoisotopic (exact) mass is 398 g/mol. The third-order valence-corrected chi connectivity index (χ3v) is 6.30. The van der Waals surface area contributed by atoms with Crippen LogP contribution in [-0.2, 0) is 0 Å². The van der Waals surface area contributed by atoms with Crippen LogP contribution in [0.4, 0.5) is 0 Å². The lowest BCUT2D eigenvalue weighted by Gasteiger charge is -2.37. The minimum absolute atomic E-state index is 0.170. The number of aromatic nitrogens is 1. The van der Waals surface area contributed by atoms with Crippen molar-refractivity contribution < 1.29 is 14.6 Å². The maximum atomic E-state index is 10.3. The molecule has 2 aromatic rings. The molecule has 2 heterocycles. The first-order valence-electron chi connectivity index (χ1n) is 9.76. The van der Waals surface area contributed by atoms with Crippen molar-refractivity contribution in [2.75, 3.05) is 20.0 Å². The molecule has 2 aliphatic rings. The van der Waals surface area contributed by atoms with Gasteiger partial charge in [0.1, 0.15) is 5.03 Å². The maximum Gasteiger partial charge on any atom is 0.161 e. The summed E-state index contributed by atoms with van der Waals surface area (Å²) in [6.45, 7) is 2.55. The lowest BCUT2D eigenvalue weighted by Crippen LogP contribution is -2.34. The number of benzene rings is 1. The number of nitrogens with zero attached hydrogens (tertiary/aromatic N) is 2. The van der Waals surface area contributed by atoms with Crippen LogP contribution in [0.15, 0.2) is 40.5 Å². The predicted molar refractivity (Wildman–Crippen MR) is 112 cm³/mol. The Kier molecular flexibility index (Phi) is 5.60. The van der Waals surface area contributed by atoms with Gasteiger partial charge in [-0.1, -0.05) is 0 Å². The Hall–Kier alpha value is -2.05. The van der Waals surface area contributed by atoms with Gasteiger partial charge in [-0.2, -0.15) is 0 Å². The van der Waals surface area contributed by atoms with Crippen molar-refractivity contribution in [2.24, 2.45) is 4.99 Å². The lowest BCUT2D eigenvalue weighted by atomic mass is 9.74. The molecule has 0 bridgehead atoms. The largest absolute Gasteiger partial charge is 0.493 e. The number of hydrogen-bond donors (Lipinski definition) is 1. The van der Waals surface area contributed by atoms with Gasteiger partial charge in [0, 0.05) is 23.2 Å². The fourth-order valence-electron chi connectivity index (χ4n) is 4.32. The van der Waals surface area contributed by atoms with Crippen molar-refractivity contribution in [3.63, 3.8) is 0 Å². The summed E-state index contributed by atoms with van der Waals surface area (Å²) < 4.78 is 11.5. The number of thioether (sulfide) groups is 1. The van der Waals surface area contributed by atoms with Crippen molar-refractivity contribution in [3.8, 4) is 11.5 Å². The zero-order valence-corrected chi connectivity index (χ0v) is 17.3. The first-order valence-corrected chi connectivity index (χ1v) is 11.0. The molecule has 1 aliphatic heterocycles. The lowest BCUT2D eigenvalue weighted by molar-refractivity contribution is 0.111. The molecule has 1 aliphatic carbocycles. The molecule has 6 heteroatoms. The van der Waals surface area contributed by atoms with E-state index in [0.717, 1.165) is 46.9 Å². The topological polar surface area (TPSA) is 63.9 Å². The number of rotatable bonds is 5. The molecule has 1 N–H and O–H groups in total. The maximum absolute atomic E-state index is 10.3. The first kappa shape index (κ1) is 19.3. The highest BCUT2D eigenvalue weighted by molar-refractivity contribution is 7.98. The van der Waals surface area contributed by atoms with Crippen LogP contribution in [-0.4, -0.2) is 47.9 Å². The second kappa shape index (κ2) is 8.13. The van der Waals surface area contributed by atoms with Gasteiger partial charge in [-0.05, 0) is 62.3 Å².